The molecule has 150 valence electrons. The van der Waals surface area contributed by atoms with Crippen LogP contribution in [0.3, 0.4) is 0 Å². The lowest BCUT2D eigenvalue weighted by Gasteiger charge is -2.62. The quantitative estimate of drug-likeness (QED) is 0.695. The predicted molar refractivity (Wildman–Crippen MR) is 106 cm³/mol. The minimum atomic E-state index is -0.222. The lowest BCUT2D eigenvalue weighted by Crippen LogP contribution is -2.64. The van der Waals surface area contributed by atoms with Crippen molar-refractivity contribution in [1.82, 2.24) is 30.3 Å². The van der Waals surface area contributed by atoms with Crippen LogP contribution in [0.4, 0.5) is 4.39 Å². The van der Waals surface area contributed by atoms with Crippen molar-refractivity contribution in [3.05, 3.63) is 54.5 Å². The van der Waals surface area contributed by atoms with Gasteiger partial charge in [-0.15, -0.1) is 0 Å². The van der Waals surface area contributed by atoms with Crippen LogP contribution in [0.5, 0.6) is 0 Å². The van der Waals surface area contributed by atoms with Crippen LogP contribution in [0, 0.1) is 17.7 Å². The van der Waals surface area contributed by atoms with Crippen LogP contribution in [-0.4, -0.2) is 30.5 Å². The zero-order valence-corrected chi connectivity index (χ0v) is 16.3. The summed E-state index contributed by atoms with van der Waals surface area (Å²) in [6.07, 6.45) is 12.9. The Morgan fingerprint density at radius 2 is 1.93 bits per heavy atom. The van der Waals surface area contributed by atoms with Crippen LogP contribution in [0.15, 0.2) is 43.1 Å². The molecule has 4 fully saturated rings. The lowest BCUT2D eigenvalue weighted by molar-refractivity contribution is -0.0788. The van der Waals surface area contributed by atoms with E-state index in [-0.39, 0.29) is 16.9 Å². The zero-order valence-electron chi connectivity index (χ0n) is 16.3. The molecule has 4 bridgehead atoms. The van der Waals surface area contributed by atoms with Gasteiger partial charge in [-0.2, -0.15) is 10.2 Å². The molecule has 0 radical (unpaired) electrons. The Bertz CT molecular complexity index is 994. The summed E-state index contributed by atoms with van der Waals surface area (Å²) in [6, 6.07) is 6.59. The maximum absolute atomic E-state index is 13.3. The Kier molecular flexibility index (Phi) is 3.72. The summed E-state index contributed by atoms with van der Waals surface area (Å²) in [5.74, 6) is 1.29. The highest BCUT2D eigenvalue weighted by molar-refractivity contribution is 5.62. The summed E-state index contributed by atoms with van der Waals surface area (Å²) < 4.78 is 15.4. The Balaban J connectivity index is 1.26. The van der Waals surface area contributed by atoms with Gasteiger partial charge in [0.25, 0.3) is 0 Å². The van der Waals surface area contributed by atoms with Gasteiger partial charge < -0.3 is 5.32 Å². The highest BCUT2D eigenvalue weighted by Gasteiger charge is 2.58. The summed E-state index contributed by atoms with van der Waals surface area (Å²) in [6.45, 7) is 0.760. The summed E-state index contributed by atoms with van der Waals surface area (Å²) in [4.78, 5) is 4.23. The van der Waals surface area contributed by atoms with E-state index in [2.05, 4.69) is 30.3 Å². The van der Waals surface area contributed by atoms with Crippen molar-refractivity contribution in [2.45, 2.75) is 56.1 Å². The first kappa shape index (κ1) is 17.3. The lowest BCUT2D eigenvalue weighted by atomic mass is 9.50. The molecule has 3 aromatic rings. The molecule has 0 unspecified atom stereocenters. The topological polar surface area (TPSA) is 71.4 Å². The Labute approximate surface area is 168 Å². The molecule has 6 nitrogen and oxygen atoms in total. The molecule has 4 saturated carbocycles. The van der Waals surface area contributed by atoms with E-state index in [1.807, 2.05) is 12.5 Å². The molecule has 2 aromatic heterocycles. The molecule has 0 amide bonds. The Hall–Kier alpha value is -2.54. The first-order chi connectivity index (χ1) is 14.1. The summed E-state index contributed by atoms with van der Waals surface area (Å²) in [7, 11) is 0. The molecule has 4 aliphatic carbocycles. The molecule has 7 rings (SSSR count). The number of benzene rings is 1. The summed E-state index contributed by atoms with van der Waals surface area (Å²) >= 11 is 0. The van der Waals surface area contributed by atoms with Gasteiger partial charge in [0, 0.05) is 23.2 Å². The number of H-pyrrole nitrogens is 1. The number of hydrogen-bond donors (Lipinski definition) is 2. The van der Waals surface area contributed by atoms with Crippen molar-refractivity contribution in [1.29, 1.82) is 0 Å². The van der Waals surface area contributed by atoms with E-state index in [1.54, 1.807) is 18.5 Å². The third kappa shape index (κ3) is 2.82. The molecule has 1 aromatic carbocycles. The number of aromatic amines is 1. The molecule has 2 N–H and O–H groups in total. The van der Waals surface area contributed by atoms with Gasteiger partial charge in [0.1, 0.15) is 18.5 Å². The molecule has 2 heterocycles. The van der Waals surface area contributed by atoms with Crippen LogP contribution < -0.4 is 5.32 Å². The average molecular weight is 392 g/mol. The largest absolute Gasteiger partial charge is 0.307 e. The SMILES string of the molecule is Fc1ccc(-c2[nH]ncc2CNC23C[C@@H]4C[C@@H](C2)CC(n2cncn2)(C4)C3)cc1. The van der Waals surface area contributed by atoms with Crippen LogP contribution >= 0.6 is 0 Å². The summed E-state index contributed by atoms with van der Waals surface area (Å²) in [5, 5.41) is 15.8. The molecule has 0 spiro atoms. The third-order valence-electron chi connectivity index (χ3n) is 7.44. The second-order valence-corrected chi connectivity index (χ2v) is 9.44. The van der Waals surface area contributed by atoms with E-state index in [0.29, 0.717) is 0 Å². The van der Waals surface area contributed by atoms with Crippen molar-refractivity contribution in [2.24, 2.45) is 11.8 Å². The van der Waals surface area contributed by atoms with Gasteiger partial charge in [-0.1, -0.05) is 0 Å². The average Bonchev–Trinajstić information content (AvgIpc) is 3.39. The van der Waals surface area contributed by atoms with Crippen LogP contribution in [0.2, 0.25) is 0 Å². The van der Waals surface area contributed by atoms with Gasteiger partial charge >= 0.3 is 0 Å². The van der Waals surface area contributed by atoms with Crippen molar-refractivity contribution in [3.63, 3.8) is 0 Å². The molecule has 0 saturated heterocycles. The third-order valence-corrected chi connectivity index (χ3v) is 7.44. The standard InChI is InChI=1S/C22H25FN6/c23-19-3-1-17(2-4-19)20-18(11-26-28-20)10-25-21-6-15-5-16(7-21)9-22(8-15,12-21)29-14-24-13-27-29/h1-4,11,13-16,25H,5-10,12H2,(H,26,28)/t15-,16-,21?,22?/m0/s1. The van der Waals surface area contributed by atoms with E-state index in [9.17, 15) is 4.39 Å². The van der Waals surface area contributed by atoms with Crippen LogP contribution in [-0.2, 0) is 12.1 Å². The minimum Gasteiger partial charge on any atom is -0.307 e. The van der Waals surface area contributed by atoms with Gasteiger partial charge in [-0.3, -0.25) is 5.10 Å². The fourth-order valence-corrected chi connectivity index (χ4v) is 6.74. The van der Waals surface area contributed by atoms with E-state index < -0.39 is 0 Å². The van der Waals surface area contributed by atoms with Crippen LogP contribution in [0.25, 0.3) is 11.3 Å². The second-order valence-electron chi connectivity index (χ2n) is 9.44. The molecule has 29 heavy (non-hydrogen) atoms. The van der Waals surface area contributed by atoms with Crippen molar-refractivity contribution in [3.8, 4) is 11.3 Å². The predicted octanol–water partition coefficient (Wildman–Crippen LogP) is 3.65. The number of rotatable bonds is 5. The fraction of sp³-hybridized carbons (Fsp3) is 0.500. The van der Waals surface area contributed by atoms with Crippen molar-refractivity contribution < 1.29 is 4.39 Å². The molecule has 0 aliphatic heterocycles. The number of nitrogens with zero attached hydrogens (tertiary/aromatic N) is 4. The van der Waals surface area contributed by atoms with Crippen molar-refractivity contribution >= 4 is 0 Å². The van der Waals surface area contributed by atoms with Gasteiger partial charge in [0.2, 0.25) is 0 Å². The molecule has 7 heteroatoms. The van der Waals surface area contributed by atoms with E-state index >= 15 is 0 Å². The monoisotopic (exact) mass is 392 g/mol. The fourth-order valence-electron chi connectivity index (χ4n) is 6.74. The molecule has 2 atom stereocenters. The number of halogens is 1. The first-order valence-electron chi connectivity index (χ1n) is 10.5. The Morgan fingerprint density at radius 3 is 2.66 bits per heavy atom. The Morgan fingerprint density at radius 1 is 1.14 bits per heavy atom. The molecule has 4 aliphatic rings. The van der Waals surface area contributed by atoms with Gasteiger partial charge in [-0.25, -0.2) is 14.1 Å². The number of nitrogens with one attached hydrogen (secondary N) is 2. The maximum Gasteiger partial charge on any atom is 0.137 e. The zero-order chi connectivity index (χ0) is 19.5. The van der Waals surface area contributed by atoms with Crippen LogP contribution in [0.1, 0.15) is 44.1 Å². The highest BCUT2D eigenvalue weighted by atomic mass is 19.1. The second kappa shape index (κ2) is 6.23. The van der Waals surface area contributed by atoms with Gasteiger partial charge in [0.05, 0.1) is 17.4 Å². The van der Waals surface area contributed by atoms with E-state index in [1.165, 1.54) is 44.2 Å². The van der Waals surface area contributed by atoms with Crippen molar-refractivity contribution in [2.75, 3.05) is 0 Å². The first-order valence-corrected chi connectivity index (χ1v) is 10.5. The van der Waals surface area contributed by atoms with Gasteiger partial charge in [0.15, 0.2) is 0 Å². The number of hydrogen-bond acceptors (Lipinski definition) is 4. The van der Waals surface area contributed by atoms with Gasteiger partial charge in [-0.05, 0) is 74.6 Å². The smallest absolute Gasteiger partial charge is 0.137 e. The highest BCUT2D eigenvalue weighted by Crippen LogP contribution is 2.60. The summed E-state index contributed by atoms with van der Waals surface area (Å²) in [5.41, 5.74) is 3.32. The normalized spacial score (nSPS) is 32.7. The minimum absolute atomic E-state index is 0.115. The maximum atomic E-state index is 13.3. The van der Waals surface area contributed by atoms with E-state index in [4.69, 9.17) is 0 Å². The molecular formula is C22H25FN6. The molecular weight excluding hydrogens is 367 g/mol. The number of aromatic nitrogens is 5. The van der Waals surface area contributed by atoms with E-state index in [0.717, 1.165) is 41.6 Å².